The number of aromatic nitrogens is 4. The van der Waals surface area contributed by atoms with Gasteiger partial charge in [0.1, 0.15) is 11.6 Å². The molecule has 0 spiro atoms. The summed E-state index contributed by atoms with van der Waals surface area (Å²) in [5.41, 5.74) is 2.67. The molecule has 28 heavy (non-hydrogen) atoms. The van der Waals surface area contributed by atoms with E-state index in [2.05, 4.69) is 26.6 Å². The molecule has 1 atom stereocenters. The number of anilines is 2. The summed E-state index contributed by atoms with van der Waals surface area (Å²) < 4.78 is 22.9. The van der Waals surface area contributed by atoms with Crippen LogP contribution in [-0.4, -0.2) is 62.1 Å². The molecule has 1 fully saturated rings. The molecule has 3 aromatic heterocycles. The zero-order valence-electron chi connectivity index (χ0n) is 16.6. The number of rotatable bonds is 4. The molecule has 9 heteroatoms. The Balaban J connectivity index is 1.88. The van der Waals surface area contributed by atoms with Crippen LogP contribution in [0.15, 0.2) is 30.5 Å². The maximum Gasteiger partial charge on any atom is 0.167 e. The number of pyridine rings is 1. The molecule has 1 N–H and O–H groups in total. The van der Waals surface area contributed by atoms with Crippen molar-refractivity contribution in [2.75, 3.05) is 41.9 Å². The van der Waals surface area contributed by atoms with Crippen molar-refractivity contribution in [1.29, 1.82) is 0 Å². The Hall–Kier alpha value is -2.52. The van der Waals surface area contributed by atoms with Crippen molar-refractivity contribution in [1.82, 2.24) is 19.6 Å². The Kier molecular flexibility index (Phi) is 4.80. The number of aryl methyl sites for hydroxylation is 1. The third-order valence-electron chi connectivity index (χ3n) is 4.70. The lowest BCUT2D eigenvalue weighted by Gasteiger charge is -2.34. The predicted molar refractivity (Wildman–Crippen MR) is 114 cm³/mol. The van der Waals surface area contributed by atoms with Gasteiger partial charge in [-0.1, -0.05) is 6.07 Å². The molecule has 0 aromatic carbocycles. The van der Waals surface area contributed by atoms with Crippen LogP contribution in [0.4, 0.5) is 11.6 Å². The van der Waals surface area contributed by atoms with Crippen LogP contribution in [0, 0.1) is 6.92 Å². The second kappa shape index (κ2) is 7.14. The van der Waals surface area contributed by atoms with Gasteiger partial charge in [-0.3, -0.25) is 4.21 Å². The van der Waals surface area contributed by atoms with E-state index in [9.17, 15) is 4.21 Å². The highest BCUT2D eigenvalue weighted by molar-refractivity contribution is 8.02. The largest absolute Gasteiger partial charge is 0.377 e. The van der Waals surface area contributed by atoms with Gasteiger partial charge in [-0.25, -0.2) is 14.5 Å². The Morgan fingerprint density at radius 3 is 2.86 bits per heavy atom. The second-order valence-corrected chi connectivity index (χ2v) is 10.4. The van der Waals surface area contributed by atoms with E-state index in [-0.39, 0.29) is 6.04 Å². The van der Waals surface area contributed by atoms with Crippen LogP contribution in [0.5, 0.6) is 0 Å². The van der Waals surface area contributed by atoms with Crippen LogP contribution in [0.25, 0.3) is 16.9 Å². The maximum atomic E-state index is 12.4. The van der Waals surface area contributed by atoms with Gasteiger partial charge < -0.3 is 14.4 Å². The van der Waals surface area contributed by atoms with E-state index in [4.69, 9.17) is 9.72 Å². The van der Waals surface area contributed by atoms with Gasteiger partial charge in [0.05, 0.1) is 36.0 Å². The summed E-state index contributed by atoms with van der Waals surface area (Å²) >= 11 is 0. The average Bonchev–Trinajstić information content (AvgIpc) is 2.96. The van der Waals surface area contributed by atoms with Crippen molar-refractivity contribution >= 4 is 27.3 Å². The summed E-state index contributed by atoms with van der Waals surface area (Å²) in [5, 5.41) is 4.58. The van der Waals surface area contributed by atoms with Crippen LogP contribution in [0.2, 0.25) is 0 Å². The molecular formula is C19H26N6O2S. The molecule has 4 heterocycles. The summed E-state index contributed by atoms with van der Waals surface area (Å²) in [6.45, 7) is 6.12. The third kappa shape index (κ3) is 3.72. The van der Waals surface area contributed by atoms with Crippen molar-refractivity contribution in [3.05, 3.63) is 36.2 Å². The summed E-state index contributed by atoms with van der Waals surface area (Å²) in [6, 6.07) is 7.98. The van der Waals surface area contributed by atoms with Crippen LogP contribution >= 0.6 is 0 Å². The Morgan fingerprint density at radius 1 is 1.29 bits per heavy atom. The topological polar surface area (TPSA) is 84.7 Å². The molecule has 0 amide bonds. The van der Waals surface area contributed by atoms with Crippen molar-refractivity contribution in [3.8, 4) is 11.4 Å². The highest BCUT2D eigenvalue weighted by Crippen LogP contribution is 2.30. The maximum absolute atomic E-state index is 12.4. The van der Waals surface area contributed by atoms with Gasteiger partial charge in [0.15, 0.2) is 5.82 Å². The molecule has 0 aliphatic carbocycles. The van der Waals surface area contributed by atoms with Gasteiger partial charge in [0.2, 0.25) is 0 Å². The molecular weight excluding hydrogens is 376 g/mol. The first-order valence-electron chi connectivity index (χ1n) is 9.33. The smallest absolute Gasteiger partial charge is 0.167 e. The lowest BCUT2D eigenvalue weighted by Crippen LogP contribution is -2.44. The quantitative estimate of drug-likeness (QED) is 0.649. The molecule has 8 nitrogen and oxygen atoms in total. The lowest BCUT2D eigenvalue weighted by molar-refractivity contribution is 0.0985. The summed E-state index contributed by atoms with van der Waals surface area (Å²) in [7, 11) is -2.52. The monoisotopic (exact) mass is 402 g/mol. The minimum absolute atomic E-state index is 0.199. The molecule has 0 saturated carbocycles. The Morgan fingerprint density at radius 2 is 2.11 bits per heavy atom. The first-order chi connectivity index (χ1) is 13.3. The molecule has 0 unspecified atom stereocenters. The van der Waals surface area contributed by atoms with Crippen molar-refractivity contribution in [3.63, 3.8) is 0 Å². The first-order valence-corrected chi connectivity index (χ1v) is 11.9. The average molecular weight is 403 g/mol. The summed E-state index contributed by atoms with van der Waals surface area (Å²) in [5.74, 6) is 1.93. The standard InChI is InChI=1S/C19H26N6O2S/c1-13-12-27-10-9-24(13)17-11-16(23-28(3,4)26)20-19(21-17)18-14(2)22-25-8-6-5-7-15(18)25/h5-8,11,13,28H,9-10,12H2,1-4H3,(H,20,21,23,26)/t13-/m1/s1. The molecule has 1 aliphatic rings. The Bertz CT molecular complexity index is 1060. The SMILES string of the molecule is Cc1nn2ccccc2c1-c1nc(N[SH](C)(C)=O)cc(N2CCOC[C@H]2C)n1. The normalized spacial score (nSPS) is 18.4. The van der Waals surface area contributed by atoms with Crippen LogP contribution in [-0.2, 0) is 14.9 Å². The molecule has 0 bridgehead atoms. The second-order valence-electron chi connectivity index (χ2n) is 7.51. The minimum Gasteiger partial charge on any atom is -0.377 e. The van der Waals surface area contributed by atoms with Gasteiger partial charge >= 0.3 is 0 Å². The zero-order valence-corrected chi connectivity index (χ0v) is 17.5. The zero-order chi connectivity index (χ0) is 19.9. The van der Waals surface area contributed by atoms with E-state index in [1.165, 1.54) is 0 Å². The number of fused-ring (bicyclic) bond motifs is 1. The molecule has 1 aliphatic heterocycles. The minimum atomic E-state index is -2.52. The van der Waals surface area contributed by atoms with Gasteiger partial charge in [-0.2, -0.15) is 5.10 Å². The third-order valence-corrected chi connectivity index (χ3v) is 5.46. The number of morpholine rings is 1. The number of nitrogens with one attached hydrogen (secondary N) is 1. The summed E-state index contributed by atoms with van der Waals surface area (Å²) in [6.07, 6.45) is 5.28. The predicted octanol–water partition coefficient (Wildman–Crippen LogP) is 1.93. The summed E-state index contributed by atoms with van der Waals surface area (Å²) in [4.78, 5) is 11.8. The fraction of sp³-hybridized carbons (Fsp3) is 0.421. The van der Waals surface area contributed by atoms with Crippen molar-refractivity contribution in [2.45, 2.75) is 19.9 Å². The number of nitrogens with zero attached hydrogens (tertiary/aromatic N) is 5. The number of ether oxygens (including phenoxy) is 1. The number of hydrogen-bond donors (Lipinski definition) is 2. The van der Waals surface area contributed by atoms with E-state index in [1.54, 1.807) is 12.5 Å². The van der Waals surface area contributed by atoms with Crippen LogP contribution < -0.4 is 9.62 Å². The first kappa shape index (κ1) is 18.8. The van der Waals surface area contributed by atoms with E-state index in [0.29, 0.717) is 24.9 Å². The molecule has 1 saturated heterocycles. The van der Waals surface area contributed by atoms with E-state index in [0.717, 1.165) is 29.1 Å². The van der Waals surface area contributed by atoms with Crippen LogP contribution in [0.1, 0.15) is 12.6 Å². The van der Waals surface area contributed by atoms with Gasteiger partial charge in [-0.15, -0.1) is 0 Å². The molecule has 3 aromatic rings. The van der Waals surface area contributed by atoms with E-state index >= 15 is 0 Å². The fourth-order valence-electron chi connectivity index (χ4n) is 3.49. The highest BCUT2D eigenvalue weighted by Gasteiger charge is 2.23. The van der Waals surface area contributed by atoms with E-state index < -0.39 is 10.1 Å². The molecule has 0 radical (unpaired) electrons. The Labute approximate surface area is 165 Å². The fourth-order valence-corrected chi connectivity index (χ4v) is 4.15. The number of thiol groups is 1. The highest BCUT2D eigenvalue weighted by atomic mass is 32.3. The van der Waals surface area contributed by atoms with Gasteiger partial charge in [0, 0.05) is 31.3 Å². The number of hydrogen-bond acceptors (Lipinski definition) is 6. The van der Waals surface area contributed by atoms with E-state index in [1.807, 2.05) is 41.9 Å². The lowest BCUT2D eigenvalue weighted by atomic mass is 10.2. The van der Waals surface area contributed by atoms with Gasteiger partial charge in [0.25, 0.3) is 0 Å². The molecule has 150 valence electrons. The van der Waals surface area contributed by atoms with Crippen molar-refractivity contribution in [2.24, 2.45) is 0 Å². The van der Waals surface area contributed by atoms with Crippen LogP contribution in [0.3, 0.4) is 0 Å². The van der Waals surface area contributed by atoms with Crippen molar-refractivity contribution < 1.29 is 8.95 Å². The molecule has 4 rings (SSSR count). The van der Waals surface area contributed by atoms with Gasteiger partial charge in [-0.05, 0) is 36.1 Å².